The zero-order valence-corrected chi connectivity index (χ0v) is 30.9. The molecule has 0 aromatic carbocycles. The smallest absolute Gasteiger partial charge is 0.550 e. The molecule has 0 aromatic heterocycles. The van der Waals surface area contributed by atoms with Gasteiger partial charge in [0, 0.05) is 23.4 Å². The van der Waals surface area contributed by atoms with Crippen LogP contribution in [0.3, 0.4) is 0 Å². The van der Waals surface area contributed by atoms with Crippen LogP contribution >= 0.6 is 21.6 Å². The van der Waals surface area contributed by atoms with E-state index in [0.29, 0.717) is 0 Å². The third-order valence-electron chi connectivity index (χ3n) is 6.80. The van der Waals surface area contributed by atoms with Crippen molar-refractivity contribution in [3.05, 3.63) is 0 Å². The summed E-state index contributed by atoms with van der Waals surface area (Å²) in [5, 5.41) is 20.7. The van der Waals surface area contributed by atoms with Crippen LogP contribution in [0.4, 0.5) is 0 Å². The fourth-order valence-electron chi connectivity index (χ4n) is 4.51. The molecule has 0 unspecified atom stereocenters. The first kappa shape index (κ1) is 44.1. The predicted octanol–water partition coefficient (Wildman–Crippen LogP) is 2.02. The van der Waals surface area contributed by atoms with E-state index >= 15 is 0 Å². The summed E-state index contributed by atoms with van der Waals surface area (Å²) in [5.41, 5.74) is 0. The van der Waals surface area contributed by atoms with Gasteiger partial charge in [-0.3, -0.25) is 0 Å². The molecule has 0 saturated heterocycles. The SMILES string of the molecule is O=C([O-])CCCCCCCCCCCCCCSSCCCCCCCCCCCCCCC(=O)[O-].[Na+].[Na+]. The van der Waals surface area contributed by atoms with Gasteiger partial charge in [-0.25, -0.2) is 0 Å². The van der Waals surface area contributed by atoms with Gasteiger partial charge in [-0.2, -0.15) is 0 Å². The Morgan fingerprint density at radius 2 is 0.526 bits per heavy atom. The Hall–Kier alpha value is 1.64. The van der Waals surface area contributed by atoms with Crippen LogP contribution in [0.25, 0.3) is 0 Å². The summed E-state index contributed by atoms with van der Waals surface area (Å²) in [6.45, 7) is 0. The van der Waals surface area contributed by atoms with Gasteiger partial charge in [0.05, 0.1) is 0 Å². The minimum Gasteiger partial charge on any atom is -0.550 e. The van der Waals surface area contributed by atoms with Crippen LogP contribution in [-0.2, 0) is 9.59 Å². The average molecular weight is 591 g/mol. The van der Waals surface area contributed by atoms with Gasteiger partial charge >= 0.3 is 59.1 Å². The first-order valence-corrected chi connectivity index (χ1v) is 17.8. The number of carbonyl (C=O) groups excluding carboxylic acids is 2. The summed E-state index contributed by atoms with van der Waals surface area (Å²) in [6.07, 6.45) is 30.7. The van der Waals surface area contributed by atoms with Crippen molar-refractivity contribution in [3.63, 3.8) is 0 Å². The maximum absolute atomic E-state index is 10.3. The zero-order valence-electron chi connectivity index (χ0n) is 25.2. The summed E-state index contributed by atoms with van der Waals surface area (Å²) in [5.74, 6) is 0.790. The van der Waals surface area contributed by atoms with E-state index in [1.165, 1.54) is 140 Å². The topological polar surface area (TPSA) is 80.3 Å². The minimum absolute atomic E-state index is 0. The summed E-state index contributed by atoms with van der Waals surface area (Å²) in [4.78, 5) is 20.7. The molecule has 4 nitrogen and oxygen atoms in total. The third kappa shape index (κ3) is 42.1. The van der Waals surface area contributed by atoms with Gasteiger partial charge < -0.3 is 19.8 Å². The standard InChI is InChI=1S/C30H58O4S2.2Na/c31-29(32)25-21-17-13-9-5-1-3-7-11-15-19-23-27-35-36-28-24-20-16-12-8-4-2-6-10-14-18-22-26-30(33)34;;/h1-28H2,(H,31,32)(H,33,34);;/q;2*+1/p-2. The molecule has 0 spiro atoms. The molecule has 0 rings (SSSR count). The van der Waals surface area contributed by atoms with Gasteiger partial charge in [0.1, 0.15) is 0 Å². The zero-order chi connectivity index (χ0) is 26.4. The van der Waals surface area contributed by atoms with Crippen molar-refractivity contribution in [2.24, 2.45) is 0 Å². The van der Waals surface area contributed by atoms with E-state index in [2.05, 4.69) is 21.6 Å². The van der Waals surface area contributed by atoms with Crippen LogP contribution in [0.15, 0.2) is 0 Å². The number of carbonyl (C=O) groups is 2. The van der Waals surface area contributed by atoms with Crippen molar-refractivity contribution in [2.45, 2.75) is 167 Å². The second-order valence-electron chi connectivity index (χ2n) is 10.4. The Kier molecular flexibility index (Phi) is 44.8. The fraction of sp³-hybridized carbons (Fsp3) is 0.933. The number of carboxylic acids is 2. The molecule has 0 heterocycles. The average Bonchev–Trinajstić information content (AvgIpc) is 2.85. The van der Waals surface area contributed by atoms with Gasteiger partial charge in [-0.1, -0.05) is 150 Å². The van der Waals surface area contributed by atoms with Gasteiger partial charge in [-0.05, 0) is 38.5 Å². The molecule has 0 radical (unpaired) electrons. The molecule has 0 saturated carbocycles. The van der Waals surface area contributed by atoms with Crippen molar-refractivity contribution < 1.29 is 78.9 Å². The molecule has 0 aliphatic heterocycles. The van der Waals surface area contributed by atoms with E-state index in [-0.39, 0.29) is 72.0 Å². The van der Waals surface area contributed by atoms with Crippen molar-refractivity contribution in [1.82, 2.24) is 0 Å². The van der Waals surface area contributed by atoms with Gasteiger partial charge in [0.15, 0.2) is 0 Å². The van der Waals surface area contributed by atoms with E-state index in [0.717, 1.165) is 25.7 Å². The second kappa shape index (κ2) is 38.6. The minimum atomic E-state index is -0.910. The van der Waals surface area contributed by atoms with Gasteiger partial charge in [-0.15, -0.1) is 0 Å². The summed E-state index contributed by atoms with van der Waals surface area (Å²) < 4.78 is 0. The Morgan fingerprint density at radius 3 is 0.737 bits per heavy atom. The third-order valence-corrected chi connectivity index (χ3v) is 9.38. The number of aliphatic carboxylic acids is 2. The van der Waals surface area contributed by atoms with E-state index in [1.54, 1.807) is 0 Å². The molecular formula is C30H56Na2O4S2. The molecule has 0 fully saturated rings. The van der Waals surface area contributed by atoms with Crippen molar-refractivity contribution in [3.8, 4) is 0 Å². The number of unbranched alkanes of at least 4 members (excludes halogenated alkanes) is 22. The van der Waals surface area contributed by atoms with Crippen LogP contribution in [0.2, 0.25) is 0 Å². The van der Waals surface area contributed by atoms with Crippen LogP contribution in [-0.4, -0.2) is 23.4 Å². The first-order chi connectivity index (χ1) is 17.6. The summed E-state index contributed by atoms with van der Waals surface area (Å²) >= 11 is 0. The number of rotatable bonds is 31. The number of carboxylic acid groups (broad SMARTS) is 2. The van der Waals surface area contributed by atoms with Crippen molar-refractivity contribution in [1.29, 1.82) is 0 Å². The van der Waals surface area contributed by atoms with Crippen LogP contribution in [0.5, 0.6) is 0 Å². The summed E-state index contributed by atoms with van der Waals surface area (Å²) in [7, 11) is 4.14. The van der Waals surface area contributed by atoms with E-state index in [1.807, 2.05) is 0 Å². The molecule has 0 aliphatic carbocycles. The Morgan fingerprint density at radius 1 is 0.342 bits per heavy atom. The monoisotopic (exact) mass is 590 g/mol. The van der Waals surface area contributed by atoms with Crippen molar-refractivity contribution >= 4 is 33.5 Å². The Balaban J connectivity index is -0.00000612. The van der Waals surface area contributed by atoms with Gasteiger partial charge in [0.25, 0.3) is 0 Å². The summed E-state index contributed by atoms with van der Waals surface area (Å²) in [6, 6.07) is 0. The maximum atomic E-state index is 10.3. The molecule has 0 bridgehead atoms. The molecule has 0 aliphatic rings. The Bertz CT molecular complexity index is 443. The molecule has 0 aromatic rings. The molecule has 8 heteroatoms. The normalized spacial score (nSPS) is 10.6. The van der Waals surface area contributed by atoms with Gasteiger partial charge in [0.2, 0.25) is 0 Å². The molecular weight excluding hydrogens is 534 g/mol. The fourth-order valence-corrected chi connectivity index (χ4v) is 6.81. The molecule has 0 amide bonds. The molecule has 38 heavy (non-hydrogen) atoms. The quantitative estimate of drug-likeness (QED) is 0.0699. The first-order valence-electron chi connectivity index (χ1n) is 15.3. The molecule has 0 N–H and O–H groups in total. The van der Waals surface area contributed by atoms with E-state index < -0.39 is 11.9 Å². The largest absolute Gasteiger partial charge is 1.00 e. The maximum Gasteiger partial charge on any atom is 1.00 e. The molecule has 214 valence electrons. The second-order valence-corrected chi connectivity index (χ2v) is 13.1. The molecule has 0 atom stereocenters. The predicted molar refractivity (Wildman–Crippen MR) is 155 cm³/mol. The van der Waals surface area contributed by atoms with E-state index in [9.17, 15) is 19.8 Å². The van der Waals surface area contributed by atoms with Crippen LogP contribution in [0, 0.1) is 0 Å². The number of hydrogen-bond donors (Lipinski definition) is 0. The van der Waals surface area contributed by atoms with Crippen LogP contribution < -0.4 is 69.3 Å². The van der Waals surface area contributed by atoms with Crippen molar-refractivity contribution in [2.75, 3.05) is 11.5 Å². The number of hydrogen-bond acceptors (Lipinski definition) is 6. The van der Waals surface area contributed by atoms with E-state index in [4.69, 9.17) is 0 Å². The van der Waals surface area contributed by atoms with Crippen LogP contribution in [0.1, 0.15) is 167 Å². The Labute approximate surface area is 288 Å².